The Bertz CT molecular complexity index is 365. The number of rotatable bonds is 1. The smallest absolute Gasteiger partial charge is 0.152 e. The lowest BCUT2D eigenvalue weighted by Gasteiger charge is -2.37. The average Bonchev–Trinajstić information content (AvgIpc) is 2.38. The van der Waals surface area contributed by atoms with Crippen LogP contribution in [0.2, 0.25) is 0 Å². The minimum atomic E-state index is -0.816. The molecule has 2 aliphatic rings. The van der Waals surface area contributed by atoms with Crippen LogP contribution in [0.25, 0.3) is 0 Å². The van der Waals surface area contributed by atoms with Gasteiger partial charge in [-0.2, -0.15) is 5.26 Å². The van der Waals surface area contributed by atoms with Gasteiger partial charge in [0.2, 0.25) is 0 Å². The Morgan fingerprint density at radius 3 is 2.28 bits per heavy atom. The Kier molecular flexibility index (Phi) is 4.65. The zero-order valence-electron chi connectivity index (χ0n) is 11.2. The van der Waals surface area contributed by atoms with E-state index in [4.69, 9.17) is 5.26 Å². The predicted octanol–water partition coefficient (Wildman–Crippen LogP) is 4.09. The summed E-state index contributed by atoms with van der Waals surface area (Å²) in [5.74, 6) is 7.10. The van der Waals surface area contributed by atoms with E-state index < -0.39 is 6.17 Å². The molecule has 2 rings (SSSR count). The first-order chi connectivity index (χ1) is 8.70. The SMILES string of the molecule is CC1CCC(C2CCC(C#CC#N)C(F)C2)CC1. The molecule has 2 aliphatic carbocycles. The van der Waals surface area contributed by atoms with Crippen LogP contribution in [-0.4, -0.2) is 6.17 Å². The standard InChI is InChI=1S/C16H22FN/c1-12-4-6-13(7-5-12)15-9-8-14(3-2-10-18)16(17)11-15/h12-16H,4-9,11H2,1H3. The van der Waals surface area contributed by atoms with Crippen molar-refractivity contribution in [2.24, 2.45) is 23.7 Å². The molecule has 2 heteroatoms. The predicted molar refractivity (Wildman–Crippen MR) is 70.2 cm³/mol. The van der Waals surface area contributed by atoms with Crippen LogP contribution in [0.1, 0.15) is 51.9 Å². The van der Waals surface area contributed by atoms with Gasteiger partial charge in [-0.05, 0) is 49.9 Å². The molecule has 0 bridgehead atoms. The maximum absolute atomic E-state index is 14.0. The molecule has 0 aromatic carbocycles. The summed E-state index contributed by atoms with van der Waals surface area (Å²) in [7, 11) is 0. The van der Waals surface area contributed by atoms with Crippen molar-refractivity contribution in [2.75, 3.05) is 0 Å². The summed E-state index contributed by atoms with van der Waals surface area (Å²) < 4.78 is 14.0. The second kappa shape index (κ2) is 6.24. The number of alkyl halides is 1. The fraction of sp³-hybridized carbons (Fsp3) is 0.812. The summed E-state index contributed by atoms with van der Waals surface area (Å²) >= 11 is 0. The van der Waals surface area contributed by atoms with Gasteiger partial charge in [0, 0.05) is 5.92 Å². The maximum Gasteiger partial charge on any atom is 0.152 e. The van der Waals surface area contributed by atoms with Crippen molar-refractivity contribution in [3.05, 3.63) is 0 Å². The van der Waals surface area contributed by atoms with Crippen LogP contribution in [0.5, 0.6) is 0 Å². The highest BCUT2D eigenvalue weighted by atomic mass is 19.1. The van der Waals surface area contributed by atoms with E-state index in [2.05, 4.69) is 18.8 Å². The normalized spacial score (nSPS) is 40.4. The third-order valence-corrected chi connectivity index (χ3v) is 4.85. The molecule has 0 amide bonds. The van der Waals surface area contributed by atoms with Crippen molar-refractivity contribution in [1.29, 1.82) is 5.26 Å². The third-order valence-electron chi connectivity index (χ3n) is 4.85. The van der Waals surface area contributed by atoms with Gasteiger partial charge in [-0.15, -0.1) is 0 Å². The van der Waals surface area contributed by atoms with Crippen LogP contribution in [0.4, 0.5) is 4.39 Å². The van der Waals surface area contributed by atoms with Gasteiger partial charge in [0.15, 0.2) is 6.07 Å². The van der Waals surface area contributed by atoms with Crippen molar-refractivity contribution in [3.8, 4) is 17.9 Å². The van der Waals surface area contributed by atoms with Crippen molar-refractivity contribution in [3.63, 3.8) is 0 Å². The van der Waals surface area contributed by atoms with Crippen LogP contribution in [0.3, 0.4) is 0 Å². The van der Waals surface area contributed by atoms with Gasteiger partial charge < -0.3 is 0 Å². The Morgan fingerprint density at radius 2 is 1.67 bits per heavy atom. The lowest BCUT2D eigenvalue weighted by Crippen LogP contribution is -2.31. The fourth-order valence-corrected chi connectivity index (χ4v) is 3.62. The number of halogens is 1. The Labute approximate surface area is 110 Å². The van der Waals surface area contributed by atoms with Crippen LogP contribution < -0.4 is 0 Å². The van der Waals surface area contributed by atoms with Gasteiger partial charge >= 0.3 is 0 Å². The topological polar surface area (TPSA) is 23.8 Å². The summed E-state index contributed by atoms with van der Waals surface area (Å²) in [6, 6.07) is 1.79. The number of nitriles is 1. The zero-order valence-corrected chi connectivity index (χ0v) is 11.2. The van der Waals surface area contributed by atoms with Gasteiger partial charge in [0.25, 0.3) is 0 Å². The monoisotopic (exact) mass is 247 g/mol. The molecule has 1 nitrogen and oxygen atoms in total. The molecule has 0 aromatic heterocycles. The molecule has 0 spiro atoms. The Hall–Kier alpha value is -1.02. The second-order valence-corrected chi connectivity index (χ2v) is 6.10. The second-order valence-electron chi connectivity index (χ2n) is 6.10. The van der Waals surface area contributed by atoms with Gasteiger partial charge in [-0.25, -0.2) is 4.39 Å². The molecule has 0 heterocycles. The van der Waals surface area contributed by atoms with Gasteiger partial charge in [0.05, 0.1) is 5.92 Å². The van der Waals surface area contributed by atoms with Crippen LogP contribution in [0.15, 0.2) is 0 Å². The lowest BCUT2D eigenvalue weighted by atomic mass is 9.69. The minimum Gasteiger partial charge on any atom is -0.246 e. The van der Waals surface area contributed by atoms with E-state index in [0.717, 1.165) is 24.7 Å². The minimum absolute atomic E-state index is 0.191. The quantitative estimate of drug-likeness (QED) is 0.640. The molecule has 0 saturated heterocycles. The number of hydrogen-bond donors (Lipinski definition) is 0. The Morgan fingerprint density at radius 1 is 1.00 bits per heavy atom. The summed E-state index contributed by atoms with van der Waals surface area (Å²) in [6.07, 6.45) is 7.00. The molecule has 2 fully saturated rings. The van der Waals surface area contributed by atoms with E-state index in [1.165, 1.54) is 25.7 Å². The summed E-state index contributed by atoms with van der Waals surface area (Å²) in [5.41, 5.74) is 0. The molecule has 0 aliphatic heterocycles. The molecule has 18 heavy (non-hydrogen) atoms. The molecule has 2 saturated carbocycles. The molecular weight excluding hydrogens is 225 g/mol. The highest BCUT2D eigenvalue weighted by Crippen LogP contribution is 2.41. The first kappa shape index (κ1) is 13.4. The van der Waals surface area contributed by atoms with E-state index in [1.807, 2.05) is 0 Å². The van der Waals surface area contributed by atoms with Gasteiger partial charge in [0.1, 0.15) is 6.17 Å². The Balaban J connectivity index is 1.86. The molecule has 3 atom stereocenters. The van der Waals surface area contributed by atoms with Gasteiger partial charge in [-0.3, -0.25) is 0 Å². The molecular formula is C16H22FN. The lowest BCUT2D eigenvalue weighted by molar-refractivity contribution is 0.0986. The first-order valence-corrected chi connectivity index (χ1v) is 7.24. The maximum atomic E-state index is 14.0. The van der Waals surface area contributed by atoms with Crippen molar-refractivity contribution < 1.29 is 4.39 Å². The van der Waals surface area contributed by atoms with Crippen molar-refractivity contribution in [2.45, 2.75) is 58.0 Å². The van der Waals surface area contributed by atoms with E-state index >= 15 is 0 Å². The van der Waals surface area contributed by atoms with Gasteiger partial charge in [-0.1, -0.05) is 25.7 Å². The molecule has 98 valence electrons. The number of nitrogens with zero attached hydrogens (tertiary/aromatic N) is 1. The molecule has 0 radical (unpaired) electrons. The summed E-state index contributed by atoms with van der Waals surface area (Å²) in [5, 5.41) is 8.42. The van der Waals surface area contributed by atoms with E-state index in [1.54, 1.807) is 6.07 Å². The molecule has 0 N–H and O–H groups in total. The third kappa shape index (κ3) is 3.26. The van der Waals surface area contributed by atoms with E-state index in [9.17, 15) is 4.39 Å². The number of hydrogen-bond acceptors (Lipinski definition) is 1. The fourth-order valence-electron chi connectivity index (χ4n) is 3.62. The van der Waals surface area contributed by atoms with E-state index in [-0.39, 0.29) is 5.92 Å². The highest BCUT2D eigenvalue weighted by Gasteiger charge is 2.34. The molecule has 3 unspecified atom stereocenters. The van der Waals surface area contributed by atoms with Crippen LogP contribution in [-0.2, 0) is 0 Å². The average molecular weight is 247 g/mol. The highest BCUT2D eigenvalue weighted by molar-refractivity contribution is 5.19. The molecule has 0 aromatic rings. The largest absolute Gasteiger partial charge is 0.246 e. The van der Waals surface area contributed by atoms with Crippen LogP contribution in [0, 0.1) is 46.8 Å². The zero-order chi connectivity index (χ0) is 13.0. The van der Waals surface area contributed by atoms with E-state index in [0.29, 0.717) is 12.3 Å². The van der Waals surface area contributed by atoms with Crippen LogP contribution >= 0.6 is 0 Å². The van der Waals surface area contributed by atoms with Crippen molar-refractivity contribution in [1.82, 2.24) is 0 Å². The first-order valence-electron chi connectivity index (χ1n) is 7.24. The summed E-state index contributed by atoms with van der Waals surface area (Å²) in [4.78, 5) is 0. The summed E-state index contributed by atoms with van der Waals surface area (Å²) in [6.45, 7) is 2.32. The van der Waals surface area contributed by atoms with Crippen molar-refractivity contribution >= 4 is 0 Å².